The third kappa shape index (κ3) is 5.88. The zero-order chi connectivity index (χ0) is 32.1. The number of nitriles is 1. The molecule has 8 unspecified atom stereocenters. The molecule has 0 saturated heterocycles. The van der Waals surface area contributed by atoms with E-state index in [-0.39, 0.29) is 34.4 Å². The minimum Gasteiger partial charge on any atom is -0.350 e. The Kier molecular flexibility index (Phi) is 12.2. The van der Waals surface area contributed by atoms with Gasteiger partial charge < -0.3 is 5.32 Å². The first kappa shape index (κ1) is 36.2. The van der Waals surface area contributed by atoms with Crippen LogP contribution in [0.3, 0.4) is 0 Å². The molecule has 0 radical (unpaired) electrons. The van der Waals surface area contributed by atoms with Crippen molar-refractivity contribution >= 4 is 11.7 Å². The molecule has 4 nitrogen and oxygen atoms in total. The van der Waals surface area contributed by atoms with Crippen LogP contribution in [0.5, 0.6) is 0 Å². The lowest BCUT2D eigenvalue weighted by molar-refractivity contribution is -0.177. The lowest BCUT2D eigenvalue weighted by Gasteiger charge is -2.67. The molecule has 0 aliphatic heterocycles. The molecule has 42 heavy (non-hydrogen) atoms. The minimum atomic E-state index is -2.52. The van der Waals surface area contributed by atoms with Crippen LogP contribution >= 0.6 is 0 Å². The largest absolute Gasteiger partial charge is 0.350 e. The molecule has 6 heteroatoms. The number of halogens is 2. The molecule has 5 aliphatic carbocycles. The van der Waals surface area contributed by atoms with Crippen LogP contribution in [-0.4, -0.2) is 24.7 Å². The van der Waals surface area contributed by atoms with E-state index < -0.39 is 23.8 Å². The van der Waals surface area contributed by atoms with Crippen LogP contribution in [0.25, 0.3) is 0 Å². The number of Topliss-reactive ketones (excluding diaryl/α,β-unsaturated/α-hetero) is 1. The number of ketones is 1. The first-order chi connectivity index (χ1) is 19.8. The van der Waals surface area contributed by atoms with Gasteiger partial charge in [0.1, 0.15) is 6.07 Å². The van der Waals surface area contributed by atoms with Crippen LogP contribution in [0, 0.1) is 62.6 Å². The monoisotopic (exact) mass is 588 g/mol. The maximum Gasteiger partial charge on any atom is 0.255 e. The second-order valence-electron chi connectivity index (χ2n) is 13.8. The van der Waals surface area contributed by atoms with Crippen LogP contribution < -0.4 is 5.32 Å². The molecule has 4 fully saturated rings. The Labute approximate surface area is 255 Å². The van der Waals surface area contributed by atoms with Crippen molar-refractivity contribution in [3.63, 3.8) is 0 Å². The highest BCUT2D eigenvalue weighted by Crippen LogP contribution is 2.72. The van der Waals surface area contributed by atoms with E-state index in [4.69, 9.17) is 0 Å². The van der Waals surface area contributed by atoms with Gasteiger partial charge in [0.05, 0.1) is 17.5 Å². The van der Waals surface area contributed by atoms with E-state index in [0.717, 1.165) is 57.8 Å². The second-order valence-corrected chi connectivity index (χ2v) is 13.8. The molecule has 0 heterocycles. The molecule has 5 rings (SSSR count). The average Bonchev–Trinajstić information content (AvgIpc) is 3.42. The number of alkyl halides is 2. The average molecular weight is 589 g/mol. The van der Waals surface area contributed by atoms with E-state index >= 15 is 0 Å². The standard InChI is InChI=1S/C29H40F2N2O2.C3H6.2C2H6/c1-26(2)21-10-12-27(3)19-9-13-29(25(35)33-16-23(30)31)11-5-6-20(29)18(19)7-8-22(27)28(21,4)14-17(15-32)24(26)34;1-3-2;2*1-2/h14,18-23H,5-13,16H2,1-4H3,(H,33,35);3H,1H2,2H3;2*1-2H3. The summed E-state index contributed by atoms with van der Waals surface area (Å²) in [5, 5.41) is 12.4. The van der Waals surface area contributed by atoms with E-state index in [1.165, 1.54) is 0 Å². The van der Waals surface area contributed by atoms with E-state index in [1.54, 1.807) is 6.08 Å². The number of amides is 1. The van der Waals surface area contributed by atoms with Gasteiger partial charge in [0.2, 0.25) is 5.91 Å². The third-order valence-corrected chi connectivity index (χ3v) is 11.8. The molecular weight excluding hydrogens is 530 g/mol. The summed E-state index contributed by atoms with van der Waals surface area (Å²) in [5.41, 5.74) is -0.792. The zero-order valence-corrected chi connectivity index (χ0v) is 27.9. The third-order valence-electron chi connectivity index (χ3n) is 11.8. The van der Waals surface area contributed by atoms with Crippen molar-refractivity contribution in [2.75, 3.05) is 6.54 Å². The van der Waals surface area contributed by atoms with E-state index in [9.17, 15) is 23.6 Å². The lowest BCUT2D eigenvalue weighted by atomic mass is 9.37. The van der Waals surface area contributed by atoms with Crippen molar-refractivity contribution in [3.05, 3.63) is 24.3 Å². The van der Waals surface area contributed by atoms with Gasteiger partial charge in [-0.3, -0.25) is 9.59 Å². The minimum absolute atomic E-state index is 0.0111. The Morgan fingerprint density at radius 2 is 1.64 bits per heavy atom. The quantitative estimate of drug-likeness (QED) is 0.334. The van der Waals surface area contributed by atoms with Crippen LogP contribution in [0.15, 0.2) is 24.3 Å². The van der Waals surface area contributed by atoms with Gasteiger partial charge >= 0.3 is 0 Å². The normalized spacial score (nSPS) is 38.9. The highest BCUT2D eigenvalue weighted by atomic mass is 19.3. The lowest BCUT2D eigenvalue weighted by Crippen LogP contribution is -2.62. The topological polar surface area (TPSA) is 70.0 Å². The number of nitrogens with zero attached hydrogens (tertiary/aromatic N) is 1. The van der Waals surface area contributed by atoms with Gasteiger partial charge in [-0.2, -0.15) is 5.26 Å². The maximum absolute atomic E-state index is 13.2. The van der Waals surface area contributed by atoms with Crippen molar-refractivity contribution in [1.82, 2.24) is 5.32 Å². The predicted molar refractivity (Wildman–Crippen MR) is 168 cm³/mol. The van der Waals surface area contributed by atoms with Crippen molar-refractivity contribution in [1.29, 1.82) is 5.26 Å². The highest BCUT2D eigenvalue weighted by Gasteiger charge is 2.67. The summed E-state index contributed by atoms with van der Waals surface area (Å²) in [4.78, 5) is 26.3. The van der Waals surface area contributed by atoms with Gasteiger partial charge in [0, 0.05) is 5.41 Å². The summed E-state index contributed by atoms with van der Waals surface area (Å²) in [6, 6.07) is 2.21. The molecule has 238 valence electrons. The molecule has 0 bridgehead atoms. The maximum atomic E-state index is 13.2. The Bertz CT molecular complexity index is 1050. The van der Waals surface area contributed by atoms with Gasteiger partial charge in [-0.25, -0.2) is 8.78 Å². The van der Waals surface area contributed by atoms with Crippen molar-refractivity contribution in [2.24, 2.45) is 51.2 Å². The van der Waals surface area contributed by atoms with Gasteiger partial charge in [-0.05, 0) is 98.7 Å². The fraction of sp³-hybridized carbons (Fsp3) is 0.806. The summed E-state index contributed by atoms with van der Waals surface area (Å²) in [6.07, 6.45) is 10.00. The number of nitrogens with one attached hydrogen (secondary N) is 1. The number of fused-ring (bicyclic) bond motifs is 7. The van der Waals surface area contributed by atoms with E-state index in [1.807, 2.05) is 54.5 Å². The Morgan fingerprint density at radius 3 is 2.21 bits per heavy atom. The van der Waals surface area contributed by atoms with Gasteiger partial charge in [0.15, 0.2) is 5.78 Å². The first-order valence-electron chi connectivity index (χ1n) is 16.6. The molecule has 0 aromatic heterocycles. The molecule has 5 aliphatic rings. The highest BCUT2D eigenvalue weighted by molar-refractivity contribution is 6.04. The van der Waals surface area contributed by atoms with Crippen molar-refractivity contribution in [3.8, 4) is 6.07 Å². The summed E-state index contributed by atoms with van der Waals surface area (Å²) < 4.78 is 25.7. The zero-order valence-electron chi connectivity index (χ0n) is 27.9. The number of allylic oxidation sites excluding steroid dienone is 3. The molecule has 0 aromatic rings. The van der Waals surface area contributed by atoms with Crippen molar-refractivity contribution < 1.29 is 18.4 Å². The Hall–Kier alpha value is -2.03. The number of hydrogen-bond acceptors (Lipinski definition) is 3. The molecule has 0 spiro atoms. The van der Waals surface area contributed by atoms with Crippen LogP contribution in [0.2, 0.25) is 0 Å². The Morgan fingerprint density at radius 1 is 1.02 bits per heavy atom. The summed E-state index contributed by atoms with van der Waals surface area (Å²) >= 11 is 0. The predicted octanol–water partition coefficient (Wildman–Crippen LogP) is 9.32. The molecule has 1 amide bonds. The fourth-order valence-electron chi connectivity index (χ4n) is 10.5. The van der Waals surface area contributed by atoms with E-state index in [2.05, 4.69) is 31.8 Å². The van der Waals surface area contributed by atoms with Gasteiger partial charge in [0.25, 0.3) is 6.43 Å². The smallest absolute Gasteiger partial charge is 0.255 e. The fourth-order valence-corrected chi connectivity index (χ4v) is 10.5. The van der Waals surface area contributed by atoms with Crippen LogP contribution in [-0.2, 0) is 9.59 Å². The number of carbonyl (C=O) groups excluding carboxylic acids is 2. The van der Waals surface area contributed by atoms with E-state index in [0.29, 0.717) is 23.3 Å². The Balaban J connectivity index is 0.000000813. The summed E-state index contributed by atoms with van der Waals surface area (Å²) in [5.74, 6) is 1.69. The van der Waals surface area contributed by atoms with Gasteiger partial charge in [-0.15, -0.1) is 6.58 Å². The summed E-state index contributed by atoms with van der Waals surface area (Å²) in [6.45, 7) is 21.5. The second kappa shape index (κ2) is 14.2. The van der Waals surface area contributed by atoms with Gasteiger partial charge in [-0.1, -0.05) is 74.0 Å². The van der Waals surface area contributed by atoms with Crippen LogP contribution in [0.4, 0.5) is 8.78 Å². The molecule has 4 saturated carbocycles. The number of carbonyl (C=O) groups is 2. The SMILES string of the molecule is C=CC.CC.CC.CC1(C)C(=O)C(C#N)=CC2(C)C1CCC1(C)C3CCC4(C(=O)NCC(F)F)CCCC4C3CCC21. The van der Waals surface area contributed by atoms with Crippen LogP contribution in [0.1, 0.15) is 120 Å². The first-order valence-corrected chi connectivity index (χ1v) is 16.6. The number of rotatable bonds is 3. The number of hydrogen-bond donors (Lipinski definition) is 1. The molecule has 0 aromatic carbocycles. The molecule has 8 atom stereocenters. The molecular formula is C36H58F2N2O2. The summed E-state index contributed by atoms with van der Waals surface area (Å²) in [7, 11) is 0. The van der Waals surface area contributed by atoms with Crippen molar-refractivity contribution in [2.45, 2.75) is 127 Å². The molecule has 1 N–H and O–H groups in total.